The molecular weight excluding hydrogens is 380 g/mol. The molecule has 1 amide bonds. The molecule has 1 aromatic heterocycles. The summed E-state index contributed by atoms with van der Waals surface area (Å²) in [4.78, 5) is 21.4. The molecule has 8 heteroatoms. The second-order valence-electron chi connectivity index (χ2n) is 7.87. The molecule has 0 unspecified atom stereocenters. The minimum atomic E-state index is 0.0491. The number of aromatic nitrogens is 2. The minimum absolute atomic E-state index is 0.0491. The predicted octanol–water partition coefficient (Wildman–Crippen LogP) is 2.02. The third-order valence-corrected chi connectivity index (χ3v) is 5.40. The van der Waals surface area contributed by atoms with E-state index in [1.54, 1.807) is 15.8 Å². The van der Waals surface area contributed by atoms with Gasteiger partial charge in [0.1, 0.15) is 12.3 Å². The Balaban J connectivity index is 1.42. The summed E-state index contributed by atoms with van der Waals surface area (Å²) in [5.41, 5.74) is 1.90. The second-order valence-corrected chi connectivity index (χ2v) is 7.87. The van der Waals surface area contributed by atoms with Crippen LogP contribution in [0.4, 0.5) is 5.69 Å². The third kappa shape index (κ3) is 4.93. The van der Waals surface area contributed by atoms with Gasteiger partial charge in [0.15, 0.2) is 5.96 Å². The van der Waals surface area contributed by atoms with Crippen LogP contribution in [0.25, 0.3) is 0 Å². The number of carbonyl (C=O) groups excluding carboxylic acids is 1. The van der Waals surface area contributed by atoms with E-state index in [1.807, 2.05) is 43.3 Å². The van der Waals surface area contributed by atoms with Crippen LogP contribution in [0.3, 0.4) is 0 Å². The van der Waals surface area contributed by atoms with Crippen molar-refractivity contribution in [3.05, 3.63) is 42.2 Å². The number of ether oxygens (including phenoxy) is 1. The molecule has 1 aromatic carbocycles. The van der Waals surface area contributed by atoms with Crippen molar-refractivity contribution in [2.24, 2.45) is 18.0 Å². The standard InChI is InChI=1S/C22H30N6O2/c1-3-23-22(24-12-18-6-4-5-7-20(18)30-16-17-8-9-17)27-10-11-28(21(29)15-27)19-13-25-26(2)14-19/h4-7,13-14,17H,3,8-12,15-16H2,1-2H3,(H,23,24). The molecule has 4 rings (SSSR count). The molecule has 1 aliphatic carbocycles. The number of hydrogen-bond donors (Lipinski definition) is 1. The maximum absolute atomic E-state index is 12.8. The first-order valence-corrected chi connectivity index (χ1v) is 10.7. The molecule has 1 saturated carbocycles. The molecule has 1 saturated heterocycles. The van der Waals surface area contributed by atoms with Gasteiger partial charge in [-0.3, -0.25) is 9.48 Å². The summed E-state index contributed by atoms with van der Waals surface area (Å²) < 4.78 is 7.72. The molecule has 1 N–H and O–H groups in total. The van der Waals surface area contributed by atoms with E-state index in [9.17, 15) is 4.79 Å². The normalized spacial score (nSPS) is 17.4. The van der Waals surface area contributed by atoms with Gasteiger partial charge in [-0.15, -0.1) is 0 Å². The number of anilines is 1. The van der Waals surface area contributed by atoms with Crippen LogP contribution >= 0.6 is 0 Å². The fraction of sp³-hybridized carbons (Fsp3) is 0.500. The Kier molecular flexibility index (Phi) is 6.21. The number of nitrogens with one attached hydrogen (secondary N) is 1. The maximum Gasteiger partial charge on any atom is 0.246 e. The molecule has 8 nitrogen and oxygen atoms in total. The van der Waals surface area contributed by atoms with Crippen LogP contribution in [0.5, 0.6) is 5.75 Å². The molecule has 2 aromatic rings. The number of guanidine groups is 1. The van der Waals surface area contributed by atoms with Crippen molar-refractivity contribution in [3.63, 3.8) is 0 Å². The summed E-state index contributed by atoms with van der Waals surface area (Å²) in [7, 11) is 1.85. The van der Waals surface area contributed by atoms with Gasteiger partial charge in [0.25, 0.3) is 0 Å². The van der Waals surface area contributed by atoms with Crippen molar-refractivity contribution in [1.82, 2.24) is 20.0 Å². The lowest BCUT2D eigenvalue weighted by Gasteiger charge is -2.35. The summed E-state index contributed by atoms with van der Waals surface area (Å²) in [6, 6.07) is 8.08. The highest BCUT2D eigenvalue weighted by atomic mass is 16.5. The van der Waals surface area contributed by atoms with Gasteiger partial charge < -0.3 is 19.9 Å². The largest absolute Gasteiger partial charge is 0.493 e. The van der Waals surface area contributed by atoms with Gasteiger partial charge in [-0.25, -0.2) is 4.99 Å². The number of rotatable bonds is 7. The van der Waals surface area contributed by atoms with Crippen molar-refractivity contribution in [3.8, 4) is 5.75 Å². The van der Waals surface area contributed by atoms with Crippen LogP contribution < -0.4 is 15.0 Å². The van der Waals surface area contributed by atoms with Gasteiger partial charge in [-0.1, -0.05) is 18.2 Å². The van der Waals surface area contributed by atoms with Gasteiger partial charge in [0.05, 0.1) is 25.0 Å². The molecule has 0 atom stereocenters. The Hall–Kier alpha value is -3.03. The Morgan fingerprint density at radius 3 is 2.83 bits per heavy atom. The van der Waals surface area contributed by atoms with Gasteiger partial charge >= 0.3 is 0 Å². The van der Waals surface area contributed by atoms with E-state index < -0.39 is 0 Å². The number of amides is 1. The average Bonchev–Trinajstić information content (AvgIpc) is 3.49. The first-order chi connectivity index (χ1) is 14.6. The van der Waals surface area contributed by atoms with Gasteiger partial charge in [-0.2, -0.15) is 5.10 Å². The van der Waals surface area contributed by atoms with Crippen LogP contribution in [0, 0.1) is 5.92 Å². The topological polar surface area (TPSA) is 75.0 Å². The molecular formula is C22H30N6O2. The lowest BCUT2D eigenvalue weighted by Crippen LogP contribution is -2.55. The van der Waals surface area contributed by atoms with E-state index in [1.165, 1.54) is 12.8 Å². The Labute approximate surface area is 177 Å². The summed E-state index contributed by atoms with van der Waals surface area (Å²) in [5.74, 6) is 2.42. The zero-order chi connectivity index (χ0) is 20.9. The van der Waals surface area contributed by atoms with Crippen molar-refractivity contribution in [2.75, 3.05) is 37.7 Å². The molecule has 0 radical (unpaired) electrons. The average molecular weight is 411 g/mol. The summed E-state index contributed by atoms with van der Waals surface area (Å²) >= 11 is 0. The highest BCUT2D eigenvalue weighted by Gasteiger charge is 2.27. The quantitative estimate of drug-likeness (QED) is 0.558. The highest BCUT2D eigenvalue weighted by molar-refractivity contribution is 5.98. The van der Waals surface area contributed by atoms with Crippen molar-refractivity contribution >= 4 is 17.6 Å². The van der Waals surface area contributed by atoms with Gasteiger partial charge in [0, 0.05) is 38.4 Å². The molecule has 2 fully saturated rings. The molecule has 2 heterocycles. The SMILES string of the molecule is CCNC(=NCc1ccccc1OCC1CC1)N1CCN(c2cnn(C)c2)C(=O)C1. The summed E-state index contributed by atoms with van der Waals surface area (Å²) in [5, 5.41) is 7.50. The highest BCUT2D eigenvalue weighted by Crippen LogP contribution is 2.30. The Morgan fingerprint density at radius 1 is 1.30 bits per heavy atom. The maximum atomic E-state index is 12.8. The van der Waals surface area contributed by atoms with Crippen LogP contribution in [0.15, 0.2) is 41.7 Å². The number of hydrogen-bond acceptors (Lipinski definition) is 4. The number of piperazine rings is 1. The molecule has 160 valence electrons. The first-order valence-electron chi connectivity index (χ1n) is 10.7. The number of aryl methyl sites for hydroxylation is 1. The number of nitrogens with zero attached hydrogens (tertiary/aromatic N) is 5. The zero-order valence-corrected chi connectivity index (χ0v) is 17.8. The number of para-hydroxylation sites is 1. The number of aliphatic imine (C=N–C) groups is 1. The van der Waals surface area contributed by atoms with Gasteiger partial charge in [0.2, 0.25) is 5.91 Å². The van der Waals surface area contributed by atoms with Crippen molar-refractivity contribution in [1.29, 1.82) is 0 Å². The van der Waals surface area contributed by atoms with E-state index in [0.29, 0.717) is 32.1 Å². The molecule has 0 spiro atoms. The monoisotopic (exact) mass is 410 g/mol. The predicted molar refractivity (Wildman–Crippen MR) is 117 cm³/mol. The fourth-order valence-electron chi connectivity index (χ4n) is 3.53. The van der Waals surface area contributed by atoms with Crippen LogP contribution in [-0.4, -0.2) is 59.3 Å². The van der Waals surface area contributed by atoms with E-state index in [4.69, 9.17) is 9.73 Å². The minimum Gasteiger partial charge on any atom is -0.493 e. The Morgan fingerprint density at radius 2 is 2.13 bits per heavy atom. The Bertz CT molecular complexity index is 905. The van der Waals surface area contributed by atoms with Crippen LogP contribution in [0.1, 0.15) is 25.3 Å². The summed E-state index contributed by atoms with van der Waals surface area (Å²) in [6.45, 7) is 5.69. The molecule has 1 aliphatic heterocycles. The lowest BCUT2D eigenvalue weighted by molar-refractivity contribution is -0.120. The van der Waals surface area contributed by atoms with Crippen LogP contribution in [-0.2, 0) is 18.4 Å². The van der Waals surface area contributed by atoms with E-state index in [-0.39, 0.29) is 5.91 Å². The molecule has 2 aliphatic rings. The second kappa shape index (κ2) is 9.19. The van der Waals surface area contributed by atoms with Crippen molar-refractivity contribution < 1.29 is 9.53 Å². The lowest BCUT2D eigenvalue weighted by atomic mass is 10.2. The van der Waals surface area contributed by atoms with Crippen molar-refractivity contribution in [2.45, 2.75) is 26.3 Å². The zero-order valence-electron chi connectivity index (χ0n) is 17.8. The van der Waals surface area contributed by atoms with E-state index in [2.05, 4.69) is 16.5 Å². The van der Waals surface area contributed by atoms with E-state index in [0.717, 1.165) is 36.1 Å². The fourth-order valence-corrected chi connectivity index (χ4v) is 3.53. The molecule has 0 bridgehead atoms. The van der Waals surface area contributed by atoms with E-state index >= 15 is 0 Å². The third-order valence-electron chi connectivity index (χ3n) is 5.40. The smallest absolute Gasteiger partial charge is 0.246 e. The van der Waals surface area contributed by atoms with Crippen LogP contribution in [0.2, 0.25) is 0 Å². The summed E-state index contributed by atoms with van der Waals surface area (Å²) in [6.07, 6.45) is 6.13. The van der Waals surface area contributed by atoms with Gasteiger partial charge in [-0.05, 0) is 31.7 Å². The number of benzene rings is 1. The first kappa shape index (κ1) is 20.3. The number of carbonyl (C=O) groups is 1. The molecule has 30 heavy (non-hydrogen) atoms.